The number of rotatable bonds is 7. The lowest BCUT2D eigenvalue weighted by Crippen LogP contribution is -2.37. The van der Waals surface area contributed by atoms with E-state index in [1.165, 1.54) is 40.5 Å². The quantitative estimate of drug-likeness (QED) is 0.416. The summed E-state index contributed by atoms with van der Waals surface area (Å²) in [6, 6.07) is 13.9. The Kier molecular flexibility index (Phi) is 7.65. The number of halogens is 3. The number of nitrogens with zero attached hydrogens (tertiary/aromatic N) is 1. The van der Waals surface area contributed by atoms with Crippen molar-refractivity contribution in [3.05, 3.63) is 79.9 Å². The molecule has 0 bridgehead atoms. The standard InChI is InChI=1S/C20H17Cl3N2O3S2/c21-14-3-5-19(6-4-14)30(27,28)9-7-25(13-18-2-1-8-29-18)20(26)24-17-11-15(22)10-16(23)12-17/h1-6,8,10-12H,7,9,13H2,(H,24,26). The smallest absolute Gasteiger partial charge is 0.318 e. The van der Waals surface area contributed by atoms with Gasteiger partial charge in [0.2, 0.25) is 0 Å². The monoisotopic (exact) mass is 502 g/mol. The molecule has 30 heavy (non-hydrogen) atoms. The molecule has 158 valence electrons. The van der Waals surface area contributed by atoms with Gasteiger partial charge in [0, 0.05) is 32.2 Å². The summed E-state index contributed by atoms with van der Waals surface area (Å²) in [5.41, 5.74) is 0.425. The zero-order valence-electron chi connectivity index (χ0n) is 15.5. The zero-order valence-corrected chi connectivity index (χ0v) is 19.4. The average molecular weight is 504 g/mol. The lowest BCUT2D eigenvalue weighted by atomic mass is 10.3. The Morgan fingerprint density at radius 1 is 0.967 bits per heavy atom. The zero-order chi connectivity index (χ0) is 21.7. The van der Waals surface area contributed by atoms with E-state index in [0.717, 1.165) is 4.88 Å². The second-order valence-electron chi connectivity index (χ2n) is 6.36. The van der Waals surface area contributed by atoms with Gasteiger partial charge >= 0.3 is 6.03 Å². The predicted molar refractivity (Wildman–Crippen MR) is 124 cm³/mol. The predicted octanol–water partition coefficient (Wildman–Crippen LogP) is 6.22. The summed E-state index contributed by atoms with van der Waals surface area (Å²) in [5, 5.41) is 5.84. The lowest BCUT2D eigenvalue weighted by molar-refractivity contribution is 0.213. The largest absolute Gasteiger partial charge is 0.322 e. The van der Waals surface area contributed by atoms with Crippen LogP contribution < -0.4 is 5.32 Å². The summed E-state index contributed by atoms with van der Waals surface area (Å²) < 4.78 is 25.4. The molecule has 1 aromatic heterocycles. The molecule has 3 aromatic rings. The molecular formula is C20H17Cl3N2O3S2. The van der Waals surface area contributed by atoms with Crippen LogP contribution in [0.5, 0.6) is 0 Å². The maximum Gasteiger partial charge on any atom is 0.322 e. The first-order valence-corrected chi connectivity index (χ1v) is 12.4. The maximum atomic E-state index is 12.9. The van der Waals surface area contributed by atoms with Crippen LogP contribution in [0.15, 0.2) is 64.9 Å². The topological polar surface area (TPSA) is 66.5 Å². The van der Waals surface area contributed by atoms with Crippen molar-refractivity contribution in [3.8, 4) is 0 Å². The van der Waals surface area contributed by atoms with Crippen molar-refractivity contribution < 1.29 is 13.2 Å². The van der Waals surface area contributed by atoms with Crippen molar-refractivity contribution in [2.75, 3.05) is 17.6 Å². The van der Waals surface area contributed by atoms with Crippen molar-refractivity contribution in [1.82, 2.24) is 4.90 Å². The molecule has 0 aliphatic rings. The molecule has 5 nitrogen and oxygen atoms in total. The highest BCUT2D eigenvalue weighted by molar-refractivity contribution is 7.91. The highest BCUT2D eigenvalue weighted by Crippen LogP contribution is 2.23. The average Bonchev–Trinajstić information content (AvgIpc) is 3.17. The number of hydrogen-bond acceptors (Lipinski definition) is 4. The molecule has 0 radical (unpaired) electrons. The van der Waals surface area contributed by atoms with Crippen LogP contribution in [0.4, 0.5) is 10.5 Å². The van der Waals surface area contributed by atoms with Gasteiger partial charge in [-0.2, -0.15) is 0 Å². The Morgan fingerprint density at radius 3 is 2.23 bits per heavy atom. The minimum Gasteiger partial charge on any atom is -0.318 e. The Balaban J connectivity index is 1.76. The number of benzene rings is 2. The van der Waals surface area contributed by atoms with E-state index >= 15 is 0 Å². The molecule has 0 fully saturated rings. The number of amides is 2. The molecule has 2 aromatic carbocycles. The van der Waals surface area contributed by atoms with Gasteiger partial charge in [-0.05, 0) is 53.9 Å². The number of anilines is 1. The van der Waals surface area contributed by atoms with Crippen LogP contribution in [0.2, 0.25) is 15.1 Å². The summed E-state index contributed by atoms with van der Waals surface area (Å²) >= 11 is 19.3. The lowest BCUT2D eigenvalue weighted by Gasteiger charge is -2.23. The van der Waals surface area contributed by atoms with Gasteiger partial charge in [-0.25, -0.2) is 13.2 Å². The molecule has 0 saturated heterocycles. The fourth-order valence-corrected chi connectivity index (χ4v) is 5.28. The molecule has 0 aliphatic heterocycles. The van der Waals surface area contributed by atoms with E-state index in [4.69, 9.17) is 34.8 Å². The molecule has 0 atom stereocenters. The molecule has 1 heterocycles. The highest BCUT2D eigenvalue weighted by Gasteiger charge is 2.21. The van der Waals surface area contributed by atoms with E-state index in [2.05, 4.69) is 5.32 Å². The number of nitrogens with one attached hydrogen (secondary N) is 1. The molecule has 0 aliphatic carbocycles. The Morgan fingerprint density at radius 2 is 1.63 bits per heavy atom. The van der Waals surface area contributed by atoms with Crippen molar-refractivity contribution in [2.24, 2.45) is 0 Å². The minimum atomic E-state index is -3.59. The van der Waals surface area contributed by atoms with Gasteiger partial charge in [-0.3, -0.25) is 0 Å². The van der Waals surface area contributed by atoms with Crippen LogP contribution in [0.25, 0.3) is 0 Å². The van der Waals surface area contributed by atoms with E-state index in [-0.39, 0.29) is 23.7 Å². The highest BCUT2D eigenvalue weighted by atomic mass is 35.5. The fraction of sp³-hybridized carbons (Fsp3) is 0.150. The van der Waals surface area contributed by atoms with Gasteiger partial charge in [0.1, 0.15) is 0 Å². The number of hydrogen-bond donors (Lipinski definition) is 1. The van der Waals surface area contributed by atoms with Crippen molar-refractivity contribution >= 4 is 67.7 Å². The number of sulfone groups is 1. The van der Waals surface area contributed by atoms with Crippen molar-refractivity contribution in [1.29, 1.82) is 0 Å². The molecule has 1 N–H and O–H groups in total. The summed E-state index contributed by atoms with van der Waals surface area (Å²) in [6.45, 7) is 0.275. The maximum absolute atomic E-state index is 12.9. The third-order valence-corrected chi connectivity index (χ3v) is 7.39. The number of carbonyl (C=O) groups is 1. The van der Waals surface area contributed by atoms with Gasteiger partial charge < -0.3 is 10.2 Å². The Bertz CT molecular complexity index is 1100. The van der Waals surface area contributed by atoms with Gasteiger partial charge in [0.15, 0.2) is 9.84 Å². The van der Waals surface area contributed by atoms with E-state index in [1.807, 2.05) is 17.5 Å². The van der Waals surface area contributed by atoms with Crippen LogP contribution in [-0.2, 0) is 16.4 Å². The van der Waals surface area contributed by atoms with Crippen LogP contribution in [-0.4, -0.2) is 31.6 Å². The van der Waals surface area contributed by atoms with Gasteiger partial charge in [-0.15, -0.1) is 11.3 Å². The molecule has 3 rings (SSSR count). The van der Waals surface area contributed by atoms with Crippen LogP contribution >= 0.6 is 46.1 Å². The van der Waals surface area contributed by atoms with Gasteiger partial charge in [0.05, 0.1) is 17.2 Å². The minimum absolute atomic E-state index is 0.00297. The molecule has 0 saturated carbocycles. The number of urea groups is 1. The SMILES string of the molecule is O=C(Nc1cc(Cl)cc(Cl)c1)N(CCS(=O)(=O)c1ccc(Cl)cc1)Cc1cccs1. The summed E-state index contributed by atoms with van der Waals surface area (Å²) in [6.07, 6.45) is 0. The molecule has 0 spiro atoms. The van der Waals surface area contributed by atoms with Crippen molar-refractivity contribution in [2.45, 2.75) is 11.4 Å². The van der Waals surface area contributed by atoms with E-state index in [9.17, 15) is 13.2 Å². The van der Waals surface area contributed by atoms with Crippen LogP contribution in [0, 0.1) is 0 Å². The second kappa shape index (κ2) is 10.0. The number of thiophene rings is 1. The van der Waals surface area contributed by atoms with E-state index in [0.29, 0.717) is 20.8 Å². The van der Waals surface area contributed by atoms with Gasteiger partial charge in [-0.1, -0.05) is 40.9 Å². The third-order valence-electron chi connectivity index (χ3n) is 4.13. The van der Waals surface area contributed by atoms with Crippen molar-refractivity contribution in [3.63, 3.8) is 0 Å². The second-order valence-corrected chi connectivity index (χ2v) is 10.8. The first kappa shape index (κ1) is 22.9. The number of carbonyl (C=O) groups excluding carboxylic acids is 1. The van der Waals surface area contributed by atoms with E-state index < -0.39 is 15.9 Å². The first-order chi connectivity index (χ1) is 14.2. The fourth-order valence-electron chi connectivity index (χ4n) is 2.66. The normalized spacial score (nSPS) is 11.3. The van der Waals surface area contributed by atoms with E-state index in [1.54, 1.807) is 18.2 Å². The third kappa shape index (κ3) is 6.36. The van der Waals surface area contributed by atoms with Crippen LogP contribution in [0.3, 0.4) is 0 Å². The van der Waals surface area contributed by atoms with Gasteiger partial charge in [0.25, 0.3) is 0 Å². The van der Waals surface area contributed by atoms with Crippen LogP contribution in [0.1, 0.15) is 4.88 Å². The molecule has 2 amide bonds. The summed E-state index contributed by atoms with van der Waals surface area (Å²) in [5.74, 6) is -0.232. The summed E-state index contributed by atoms with van der Waals surface area (Å²) in [7, 11) is -3.59. The Hall–Kier alpha value is -1.77. The first-order valence-electron chi connectivity index (χ1n) is 8.76. The Labute approximate surface area is 194 Å². The molecule has 0 unspecified atom stereocenters. The molecular weight excluding hydrogens is 487 g/mol. The molecule has 10 heteroatoms. The summed E-state index contributed by atoms with van der Waals surface area (Å²) in [4.78, 5) is 15.4.